The summed E-state index contributed by atoms with van der Waals surface area (Å²) in [7, 11) is 1.56. The monoisotopic (exact) mass is 503 g/mol. The number of rotatable bonds is 7. The number of aliphatic hydroxyl groups excluding tert-OH is 1. The first kappa shape index (κ1) is 23.0. The van der Waals surface area contributed by atoms with Crippen LogP contribution in [-0.4, -0.2) is 36.4 Å². The number of para-hydroxylation sites is 1. The maximum atomic E-state index is 12.5. The summed E-state index contributed by atoms with van der Waals surface area (Å²) in [6.45, 7) is 4.30. The zero-order valence-electron chi connectivity index (χ0n) is 17.3. The highest BCUT2D eigenvalue weighted by atomic mass is 79.9. The van der Waals surface area contributed by atoms with Gasteiger partial charge in [-0.2, -0.15) is 0 Å². The molecule has 0 saturated carbocycles. The van der Waals surface area contributed by atoms with Gasteiger partial charge in [-0.25, -0.2) is 9.79 Å². The van der Waals surface area contributed by atoms with E-state index >= 15 is 0 Å². The van der Waals surface area contributed by atoms with Crippen LogP contribution in [0.25, 0.3) is 6.08 Å². The quantitative estimate of drug-likeness (QED) is 0.463. The van der Waals surface area contributed by atoms with Gasteiger partial charge in [0.1, 0.15) is 16.4 Å². The van der Waals surface area contributed by atoms with E-state index in [2.05, 4.69) is 20.9 Å². The van der Waals surface area contributed by atoms with Gasteiger partial charge in [0, 0.05) is 0 Å². The molecule has 1 aliphatic rings. The molecule has 0 aliphatic carbocycles. The van der Waals surface area contributed by atoms with Gasteiger partial charge in [0.25, 0.3) is 0 Å². The van der Waals surface area contributed by atoms with E-state index in [0.29, 0.717) is 33.7 Å². The van der Waals surface area contributed by atoms with E-state index in [0.717, 1.165) is 10.0 Å². The molecule has 1 N–H and O–H groups in total. The SMILES string of the molecule is CCOC(=O)C1=C(O)/C(=C/c2cc(Br)c(OCC)c(OC)c2)SC1=Nc1ccccc1. The molecule has 1 aliphatic heterocycles. The molecule has 162 valence electrons. The fraction of sp³-hybridized carbons (Fsp3) is 0.217. The first-order valence-electron chi connectivity index (χ1n) is 9.63. The van der Waals surface area contributed by atoms with Crippen molar-refractivity contribution in [3.05, 3.63) is 68.7 Å². The Morgan fingerprint density at radius 1 is 1.19 bits per heavy atom. The van der Waals surface area contributed by atoms with Gasteiger partial charge in [-0.3, -0.25) is 0 Å². The smallest absolute Gasteiger partial charge is 0.344 e. The van der Waals surface area contributed by atoms with Gasteiger partial charge < -0.3 is 19.3 Å². The molecule has 2 aromatic rings. The highest BCUT2D eigenvalue weighted by molar-refractivity contribution is 9.10. The number of carbonyl (C=O) groups is 1. The number of methoxy groups -OCH3 is 1. The Labute approximate surface area is 193 Å². The molecule has 6 nitrogen and oxygen atoms in total. The molecule has 2 aromatic carbocycles. The van der Waals surface area contributed by atoms with E-state index in [-0.39, 0.29) is 17.9 Å². The zero-order valence-corrected chi connectivity index (χ0v) is 19.7. The van der Waals surface area contributed by atoms with Crippen LogP contribution in [0.2, 0.25) is 0 Å². The van der Waals surface area contributed by atoms with Crippen molar-refractivity contribution < 1.29 is 24.1 Å². The molecular weight excluding hydrogens is 482 g/mol. The summed E-state index contributed by atoms with van der Waals surface area (Å²) in [5.74, 6) is 0.376. The summed E-state index contributed by atoms with van der Waals surface area (Å²) in [5.41, 5.74) is 1.48. The van der Waals surface area contributed by atoms with Gasteiger partial charge in [-0.1, -0.05) is 30.0 Å². The first-order valence-corrected chi connectivity index (χ1v) is 11.2. The number of aliphatic hydroxyl groups is 1. The molecule has 0 bridgehead atoms. The lowest BCUT2D eigenvalue weighted by atomic mass is 10.1. The molecule has 8 heteroatoms. The number of thioether (sulfide) groups is 1. The van der Waals surface area contributed by atoms with Crippen molar-refractivity contribution in [3.63, 3.8) is 0 Å². The van der Waals surface area contributed by atoms with E-state index in [9.17, 15) is 9.90 Å². The third-order valence-corrected chi connectivity index (χ3v) is 5.80. The third-order valence-electron chi connectivity index (χ3n) is 4.20. The van der Waals surface area contributed by atoms with Crippen molar-refractivity contribution in [2.45, 2.75) is 13.8 Å². The van der Waals surface area contributed by atoms with Crippen LogP contribution >= 0.6 is 27.7 Å². The van der Waals surface area contributed by atoms with Crippen molar-refractivity contribution >= 4 is 50.5 Å². The van der Waals surface area contributed by atoms with E-state index in [1.54, 1.807) is 26.2 Å². The number of hydrogen-bond acceptors (Lipinski definition) is 7. The third kappa shape index (κ3) is 5.32. The molecule has 31 heavy (non-hydrogen) atoms. The average Bonchev–Trinajstić information content (AvgIpc) is 3.05. The number of ether oxygens (including phenoxy) is 3. The average molecular weight is 504 g/mol. The summed E-state index contributed by atoms with van der Waals surface area (Å²) in [4.78, 5) is 17.5. The van der Waals surface area contributed by atoms with Crippen LogP contribution in [0.1, 0.15) is 19.4 Å². The van der Waals surface area contributed by atoms with Crippen molar-refractivity contribution in [3.8, 4) is 11.5 Å². The van der Waals surface area contributed by atoms with Crippen molar-refractivity contribution in [1.82, 2.24) is 0 Å². The number of aliphatic imine (C=N–C) groups is 1. The summed E-state index contributed by atoms with van der Waals surface area (Å²) in [6, 6.07) is 12.9. The second kappa shape index (κ2) is 10.5. The minimum absolute atomic E-state index is 0.0546. The number of carbonyl (C=O) groups excluding carboxylic acids is 1. The zero-order chi connectivity index (χ0) is 22.4. The topological polar surface area (TPSA) is 77.4 Å². The van der Waals surface area contributed by atoms with E-state index in [1.165, 1.54) is 11.8 Å². The van der Waals surface area contributed by atoms with Crippen LogP contribution in [-0.2, 0) is 9.53 Å². The summed E-state index contributed by atoms with van der Waals surface area (Å²) < 4.78 is 16.9. The van der Waals surface area contributed by atoms with Gasteiger partial charge in [0.15, 0.2) is 11.5 Å². The van der Waals surface area contributed by atoms with Crippen molar-refractivity contribution in [1.29, 1.82) is 0 Å². The molecule has 0 saturated heterocycles. The summed E-state index contributed by atoms with van der Waals surface area (Å²) in [6.07, 6.45) is 1.76. The Kier molecular flexibility index (Phi) is 7.81. The highest BCUT2D eigenvalue weighted by Crippen LogP contribution is 2.42. The van der Waals surface area contributed by atoms with Crippen LogP contribution in [0.3, 0.4) is 0 Å². The van der Waals surface area contributed by atoms with Crippen LogP contribution in [0, 0.1) is 0 Å². The van der Waals surface area contributed by atoms with Gasteiger partial charge >= 0.3 is 5.97 Å². The molecule has 0 atom stereocenters. The largest absolute Gasteiger partial charge is 0.506 e. The predicted octanol–water partition coefficient (Wildman–Crippen LogP) is 6.05. The van der Waals surface area contributed by atoms with Gasteiger partial charge in [-0.15, -0.1) is 0 Å². The summed E-state index contributed by atoms with van der Waals surface area (Å²) in [5, 5.41) is 11.2. The number of hydrogen-bond donors (Lipinski definition) is 1. The lowest BCUT2D eigenvalue weighted by Gasteiger charge is -2.12. The summed E-state index contributed by atoms with van der Waals surface area (Å²) >= 11 is 4.71. The molecule has 3 rings (SSSR count). The minimum Gasteiger partial charge on any atom is -0.506 e. The molecule has 0 amide bonds. The molecule has 0 spiro atoms. The normalized spacial score (nSPS) is 16.1. The van der Waals surface area contributed by atoms with Gasteiger partial charge in [0.2, 0.25) is 0 Å². The van der Waals surface area contributed by atoms with Crippen LogP contribution in [0.4, 0.5) is 5.69 Å². The highest BCUT2D eigenvalue weighted by Gasteiger charge is 2.33. The molecular formula is C23H22BrNO5S. The molecule has 0 unspecified atom stereocenters. The number of benzene rings is 2. The number of nitrogens with zero attached hydrogens (tertiary/aromatic N) is 1. The maximum Gasteiger partial charge on any atom is 0.344 e. The van der Waals surface area contributed by atoms with Gasteiger partial charge in [-0.05, 0) is 65.7 Å². The lowest BCUT2D eigenvalue weighted by molar-refractivity contribution is -0.138. The van der Waals surface area contributed by atoms with E-state index < -0.39 is 5.97 Å². The number of halogens is 1. The van der Waals surface area contributed by atoms with Gasteiger partial charge in [0.05, 0.1) is 35.4 Å². The Hall–Kier alpha value is -2.71. The Morgan fingerprint density at radius 3 is 2.58 bits per heavy atom. The van der Waals surface area contributed by atoms with Crippen molar-refractivity contribution in [2.24, 2.45) is 4.99 Å². The van der Waals surface area contributed by atoms with Crippen molar-refractivity contribution in [2.75, 3.05) is 20.3 Å². The Bertz CT molecular complexity index is 1060. The standard InChI is InChI=1S/C23H22BrNO5S/c1-4-29-21-16(24)11-14(12-17(21)28-3)13-18-20(26)19(23(27)30-5-2)22(31-18)25-15-9-7-6-8-10-15/h6-13,26H,4-5H2,1-3H3/b18-13-,25-22?. The van der Waals surface area contributed by atoms with Crippen LogP contribution in [0.5, 0.6) is 11.5 Å². The minimum atomic E-state index is -0.615. The molecule has 0 aromatic heterocycles. The predicted molar refractivity (Wildman–Crippen MR) is 127 cm³/mol. The maximum absolute atomic E-state index is 12.5. The second-order valence-corrected chi connectivity index (χ2v) is 8.16. The first-order chi connectivity index (χ1) is 15.0. The van der Waals surface area contributed by atoms with Crippen LogP contribution < -0.4 is 9.47 Å². The Balaban J connectivity index is 2.05. The van der Waals surface area contributed by atoms with Crippen LogP contribution in [0.15, 0.2) is 68.2 Å². The van der Waals surface area contributed by atoms with E-state index in [1.807, 2.05) is 43.3 Å². The second-order valence-electron chi connectivity index (χ2n) is 6.27. The molecule has 0 radical (unpaired) electrons. The fourth-order valence-electron chi connectivity index (χ4n) is 2.87. The van der Waals surface area contributed by atoms with E-state index in [4.69, 9.17) is 14.2 Å². The lowest BCUT2D eigenvalue weighted by Crippen LogP contribution is -2.12. The fourth-order valence-corrected chi connectivity index (χ4v) is 4.48. The Morgan fingerprint density at radius 2 is 1.94 bits per heavy atom. The molecule has 1 heterocycles. The number of esters is 1. The molecule has 0 fully saturated rings.